The fourth-order valence-corrected chi connectivity index (χ4v) is 5.43. The molecule has 0 radical (unpaired) electrons. The summed E-state index contributed by atoms with van der Waals surface area (Å²) in [6, 6.07) is 12.4. The Kier molecular flexibility index (Phi) is 8.93. The Hall–Kier alpha value is -3.85. The van der Waals surface area contributed by atoms with Gasteiger partial charge in [-0.1, -0.05) is 38.1 Å². The largest absolute Gasteiger partial charge is 0.493 e. The van der Waals surface area contributed by atoms with Crippen molar-refractivity contribution in [2.75, 3.05) is 33.3 Å². The number of hydrogen-bond donors (Lipinski definition) is 1. The maximum Gasteiger partial charge on any atom is 0.254 e. The third-order valence-electron chi connectivity index (χ3n) is 7.61. The predicted molar refractivity (Wildman–Crippen MR) is 154 cm³/mol. The number of rotatable bonds is 4. The van der Waals surface area contributed by atoms with Gasteiger partial charge in [0.15, 0.2) is 0 Å². The van der Waals surface area contributed by atoms with Crippen LogP contribution in [0.4, 0.5) is 0 Å². The second-order valence-corrected chi connectivity index (χ2v) is 11.5. The molecule has 218 valence electrons. The van der Waals surface area contributed by atoms with E-state index >= 15 is 0 Å². The first-order chi connectivity index (χ1) is 19.7. The van der Waals surface area contributed by atoms with Crippen molar-refractivity contribution in [3.05, 3.63) is 65.7 Å². The quantitative estimate of drug-likeness (QED) is 0.563. The van der Waals surface area contributed by atoms with E-state index in [2.05, 4.69) is 31.3 Å². The summed E-state index contributed by atoms with van der Waals surface area (Å²) in [5, 5.41) is 3.08. The first-order valence-corrected chi connectivity index (χ1v) is 14.4. The molecule has 1 N–H and O–H groups in total. The summed E-state index contributed by atoms with van der Waals surface area (Å²) in [5.74, 6) is 1.40. The van der Waals surface area contributed by atoms with Gasteiger partial charge in [0, 0.05) is 37.7 Å². The van der Waals surface area contributed by atoms with Crippen LogP contribution in [-0.4, -0.2) is 73.0 Å². The molecule has 3 amide bonds. The van der Waals surface area contributed by atoms with Gasteiger partial charge >= 0.3 is 0 Å². The molecule has 41 heavy (non-hydrogen) atoms. The van der Waals surface area contributed by atoms with E-state index in [0.29, 0.717) is 61.5 Å². The van der Waals surface area contributed by atoms with Gasteiger partial charge in [-0.3, -0.25) is 14.4 Å². The molecule has 0 aromatic heterocycles. The van der Waals surface area contributed by atoms with Gasteiger partial charge in [-0.15, -0.1) is 0 Å². The Morgan fingerprint density at radius 3 is 2.68 bits per heavy atom. The second kappa shape index (κ2) is 12.8. The van der Waals surface area contributed by atoms with Crippen molar-refractivity contribution >= 4 is 17.7 Å². The number of nitrogens with zero attached hydrogens (tertiary/aromatic N) is 2. The number of hydrogen-bond acceptors (Lipinski definition) is 6. The number of carbonyl (C=O) groups is 3. The third-order valence-corrected chi connectivity index (χ3v) is 7.61. The standard InChI is InChI=1S/C32H39N3O6/c1-21(2)19-39-26-14-24-15-27(16-26)41-25-10-6-7-22(13-25)20-40-29-17-35(32(38)23-8-4-5-9-23)12-11-28(29)33-30(36)18-34(3)31(24)37/h4-7,10,13-16,21,23,28-29H,8-9,11-12,17-20H2,1-3H3,(H,33,36)/t28-,29-/m0/s1. The molecule has 3 aliphatic rings. The van der Waals surface area contributed by atoms with Gasteiger partial charge in [-0.25, -0.2) is 0 Å². The van der Waals surface area contributed by atoms with E-state index in [1.54, 1.807) is 25.2 Å². The van der Waals surface area contributed by atoms with Crippen LogP contribution in [0.15, 0.2) is 54.6 Å². The Morgan fingerprint density at radius 1 is 1.10 bits per heavy atom. The summed E-state index contributed by atoms with van der Waals surface area (Å²) < 4.78 is 18.5. The summed E-state index contributed by atoms with van der Waals surface area (Å²) in [6.07, 6.45) is 5.82. The van der Waals surface area contributed by atoms with Gasteiger partial charge in [0.05, 0.1) is 31.9 Å². The lowest BCUT2D eigenvalue weighted by molar-refractivity contribution is -0.141. The van der Waals surface area contributed by atoms with Crippen molar-refractivity contribution in [2.45, 2.75) is 51.9 Å². The molecule has 0 unspecified atom stereocenters. The number of allylic oxidation sites excluding steroid dienone is 2. The summed E-state index contributed by atoms with van der Waals surface area (Å²) in [5.41, 5.74) is 1.26. The molecule has 9 heteroatoms. The monoisotopic (exact) mass is 561 g/mol. The number of likely N-dealkylation sites (N-methyl/N-ethyl adjacent to an activating group) is 1. The molecule has 2 aromatic carbocycles. The number of ether oxygens (including phenoxy) is 3. The van der Waals surface area contributed by atoms with E-state index in [1.165, 1.54) is 4.90 Å². The number of fused-ring (bicyclic) bond motifs is 5. The Bertz CT molecular complexity index is 1300. The van der Waals surface area contributed by atoms with Crippen LogP contribution in [0.3, 0.4) is 0 Å². The van der Waals surface area contributed by atoms with Crippen molar-refractivity contribution < 1.29 is 28.6 Å². The van der Waals surface area contributed by atoms with Crippen molar-refractivity contribution in [3.8, 4) is 17.2 Å². The van der Waals surface area contributed by atoms with Crippen LogP contribution >= 0.6 is 0 Å². The summed E-state index contributed by atoms with van der Waals surface area (Å²) >= 11 is 0. The van der Waals surface area contributed by atoms with Crippen molar-refractivity contribution in [1.82, 2.24) is 15.1 Å². The van der Waals surface area contributed by atoms with Crippen molar-refractivity contribution in [1.29, 1.82) is 0 Å². The number of likely N-dealkylation sites (tertiary alicyclic amines) is 1. The molecule has 2 aromatic rings. The molecule has 9 nitrogen and oxygen atoms in total. The first-order valence-electron chi connectivity index (χ1n) is 14.4. The van der Waals surface area contributed by atoms with E-state index in [4.69, 9.17) is 14.2 Å². The molecular formula is C32H39N3O6. The normalized spacial score (nSPS) is 21.9. The lowest BCUT2D eigenvalue weighted by Gasteiger charge is -2.39. The van der Waals surface area contributed by atoms with E-state index in [9.17, 15) is 14.4 Å². The molecule has 4 bridgehead atoms. The molecule has 2 aliphatic heterocycles. The summed E-state index contributed by atoms with van der Waals surface area (Å²) in [7, 11) is 1.60. The van der Waals surface area contributed by atoms with E-state index in [1.807, 2.05) is 29.2 Å². The molecule has 2 atom stereocenters. The minimum atomic E-state index is -0.391. The molecule has 2 heterocycles. The Labute approximate surface area is 241 Å². The van der Waals surface area contributed by atoms with Crippen molar-refractivity contribution in [2.24, 2.45) is 11.8 Å². The molecule has 0 spiro atoms. The fourth-order valence-electron chi connectivity index (χ4n) is 5.43. The number of benzene rings is 2. The van der Waals surface area contributed by atoms with Crippen LogP contribution in [-0.2, 0) is 20.9 Å². The highest BCUT2D eigenvalue weighted by molar-refractivity contribution is 5.97. The van der Waals surface area contributed by atoms with E-state index < -0.39 is 6.10 Å². The van der Waals surface area contributed by atoms with Gasteiger partial charge in [0.25, 0.3) is 5.91 Å². The van der Waals surface area contributed by atoms with Gasteiger partial charge < -0.3 is 29.3 Å². The van der Waals surface area contributed by atoms with Gasteiger partial charge in [-0.2, -0.15) is 0 Å². The van der Waals surface area contributed by atoms with Crippen LogP contribution in [0, 0.1) is 11.8 Å². The average molecular weight is 562 g/mol. The van der Waals surface area contributed by atoms with E-state index in [0.717, 1.165) is 18.4 Å². The van der Waals surface area contributed by atoms with Crippen LogP contribution in [0.5, 0.6) is 17.2 Å². The smallest absolute Gasteiger partial charge is 0.254 e. The maximum atomic E-state index is 13.4. The van der Waals surface area contributed by atoms with Crippen LogP contribution in [0.25, 0.3) is 0 Å². The Morgan fingerprint density at radius 2 is 1.90 bits per heavy atom. The highest BCUT2D eigenvalue weighted by atomic mass is 16.5. The Balaban J connectivity index is 1.40. The van der Waals surface area contributed by atoms with Crippen LogP contribution < -0.4 is 14.8 Å². The third kappa shape index (κ3) is 7.27. The lowest BCUT2D eigenvalue weighted by Crippen LogP contribution is -2.58. The molecule has 1 aliphatic carbocycles. The van der Waals surface area contributed by atoms with Crippen molar-refractivity contribution in [3.63, 3.8) is 0 Å². The van der Waals surface area contributed by atoms with Crippen LogP contribution in [0.2, 0.25) is 0 Å². The highest BCUT2D eigenvalue weighted by Gasteiger charge is 2.36. The molecule has 5 rings (SSSR count). The second-order valence-electron chi connectivity index (χ2n) is 11.5. The minimum Gasteiger partial charge on any atom is -0.493 e. The first kappa shape index (κ1) is 28.7. The summed E-state index contributed by atoms with van der Waals surface area (Å²) in [6.45, 7) is 5.71. The highest BCUT2D eigenvalue weighted by Crippen LogP contribution is 2.30. The van der Waals surface area contributed by atoms with E-state index in [-0.39, 0.29) is 36.2 Å². The zero-order valence-corrected chi connectivity index (χ0v) is 24.0. The lowest BCUT2D eigenvalue weighted by atomic mass is 9.98. The molecule has 1 saturated heterocycles. The molecular weight excluding hydrogens is 522 g/mol. The topological polar surface area (TPSA) is 97.4 Å². The SMILES string of the molecule is CC(C)COc1cc2cc(c1)C(=O)N(C)CC(=O)N[C@H]1CCN(C(=O)C3CC=CC3)C[C@@H]1OCc1cccc(c1)O2. The fraction of sp³-hybridized carbons (Fsp3) is 0.469. The summed E-state index contributed by atoms with van der Waals surface area (Å²) in [4.78, 5) is 42.9. The zero-order valence-electron chi connectivity index (χ0n) is 24.0. The minimum absolute atomic E-state index is 0.0192. The average Bonchev–Trinajstić information content (AvgIpc) is 3.49. The number of nitrogens with one attached hydrogen (secondary N) is 1. The van der Waals surface area contributed by atoms with Crippen LogP contribution in [0.1, 0.15) is 49.0 Å². The van der Waals surface area contributed by atoms with Gasteiger partial charge in [0.1, 0.15) is 17.2 Å². The number of amides is 3. The maximum absolute atomic E-state index is 13.4. The van der Waals surface area contributed by atoms with Gasteiger partial charge in [0.2, 0.25) is 11.8 Å². The number of carbonyl (C=O) groups excluding carboxylic acids is 3. The van der Waals surface area contributed by atoms with Gasteiger partial charge in [-0.05, 0) is 55.0 Å². The molecule has 0 saturated carbocycles. The molecule has 1 fully saturated rings. The number of piperidine rings is 1. The predicted octanol–water partition coefficient (Wildman–Crippen LogP) is 4.17. The zero-order chi connectivity index (χ0) is 28.9.